The molecule has 0 saturated carbocycles. The van der Waals surface area contributed by atoms with Gasteiger partial charge in [0.05, 0.1) is 0 Å². The molecule has 1 fully saturated rings. The van der Waals surface area contributed by atoms with E-state index in [0.29, 0.717) is 37.1 Å². The highest BCUT2D eigenvalue weighted by Gasteiger charge is 2.56. The van der Waals surface area contributed by atoms with Crippen LogP contribution in [0.1, 0.15) is 24.8 Å². The number of nitrogens with zero attached hydrogens (tertiary/aromatic N) is 1. The Kier molecular flexibility index (Phi) is 7.17. The van der Waals surface area contributed by atoms with Crippen LogP contribution in [0.25, 0.3) is 11.1 Å². The van der Waals surface area contributed by atoms with E-state index in [4.69, 9.17) is 5.73 Å². The van der Waals surface area contributed by atoms with Crippen molar-refractivity contribution < 1.29 is 28.9 Å². The maximum atomic E-state index is 13.3. The maximum absolute atomic E-state index is 13.3. The second-order valence-electron chi connectivity index (χ2n) is 8.07. The topological polar surface area (TPSA) is 124 Å². The summed E-state index contributed by atoms with van der Waals surface area (Å²) in [7, 11) is -3.91. The number of nitrogens with two attached hydrogens (primary N) is 1. The Bertz CT molecular complexity index is 984. The molecule has 2 aromatic rings. The first-order chi connectivity index (χ1) is 14.7. The van der Waals surface area contributed by atoms with E-state index in [0.717, 1.165) is 5.56 Å². The number of carbonyl (C=O) groups is 1. The third kappa shape index (κ3) is 4.99. The van der Waals surface area contributed by atoms with Crippen LogP contribution < -0.4 is 5.73 Å². The third-order valence-corrected chi connectivity index (χ3v) is 8.66. The van der Waals surface area contributed by atoms with Gasteiger partial charge in [0, 0.05) is 25.8 Å². The lowest BCUT2D eigenvalue weighted by atomic mass is 9.97. The Labute approximate surface area is 180 Å². The van der Waals surface area contributed by atoms with E-state index in [9.17, 15) is 28.9 Å². The van der Waals surface area contributed by atoms with Gasteiger partial charge in [-0.3, -0.25) is 14.3 Å². The first kappa shape index (κ1) is 23.4. The van der Waals surface area contributed by atoms with Crippen LogP contribution in [0.4, 0.5) is 4.39 Å². The van der Waals surface area contributed by atoms with Crippen molar-refractivity contribution in [2.24, 2.45) is 5.73 Å². The lowest BCUT2D eigenvalue weighted by molar-refractivity contribution is -0.141. The van der Waals surface area contributed by atoms with Gasteiger partial charge in [0.15, 0.2) is 5.16 Å². The zero-order valence-electron chi connectivity index (χ0n) is 17.2. The Morgan fingerprint density at radius 1 is 1.19 bits per heavy atom. The maximum Gasteiger partial charge on any atom is 0.320 e. The molecule has 31 heavy (non-hydrogen) atoms. The van der Waals surface area contributed by atoms with E-state index in [2.05, 4.69) is 0 Å². The Hall–Kier alpha value is -2.25. The number of phenolic OH excluding ortho intramolecular Hbond substituents is 1. The van der Waals surface area contributed by atoms with Crippen molar-refractivity contribution in [3.8, 4) is 16.9 Å². The number of phenols is 1. The van der Waals surface area contributed by atoms with Gasteiger partial charge in [-0.1, -0.05) is 24.6 Å². The van der Waals surface area contributed by atoms with Gasteiger partial charge in [-0.15, -0.1) is 0 Å². The van der Waals surface area contributed by atoms with Crippen molar-refractivity contribution in [1.82, 2.24) is 4.90 Å². The highest BCUT2D eigenvalue weighted by Crippen LogP contribution is 2.59. The summed E-state index contributed by atoms with van der Waals surface area (Å²) in [5.74, 6) is -1.57. The molecule has 1 aliphatic rings. The van der Waals surface area contributed by atoms with Crippen molar-refractivity contribution in [2.45, 2.75) is 31.0 Å². The molecule has 0 aliphatic carbocycles. The zero-order chi connectivity index (χ0) is 22.6. The minimum Gasteiger partial charge on any atom is -0.508 e. The number of halogens is 1. The Morgan fingerprint density at radius 3 is 2.55 bits per heavy atom. The molecule has 0 amide bonds. The quantitative estimate of drug-likeness (QED) is 0.360. The van der Waals surface area contributed by atoms with Crippen molar-refractivity contribution in [1.29, 1.82) is 0 Å². The summed E-state index contributed by atoms with van der Waals surface area (Å²) < 4.78 is 26.3. The molecule has 1 heterocycles. The molecular weight excluding hydrogens is 422 g/mol. The molecule has 2 atom stereocenters. The van der Waals surface area contributed by atoms with Crippen LogP contribution in [0.15, 0.2) is 42.5 Å². The molecule has 1 unspecified atom stereocenters. The summed E-state index contributed by atoms with van der Waals surface area (Å²) in [6.45, 7) is 0.955. The largest absolute Gasteiger partial charge is 0.508 e. The number of carboxylic acid groups (broad SMARTS) is 1. The number of hydrogen-bond acceptors (Lipinski definition) is 5. The molecule has 0 radical (unpaired) electrons. The highest BCUT2D eigenvalue weighted by atomic mass is 31.2. The van der Waals surface area contributed by atoms with E-state index in [1.165, 1.54) is 18.2 Å². The standard InChI is InChI=1S/C22H28FN2O5P/c23-18-6-3-16(4-7-18)20-13-19(26)8-5-17(20)14-25-11-12-31(29,30)22(15-25,21(27)28)9-1-2-10-24/h3-8,13,26H,1-2,9-12,14-15,24H2,(H,27,28)(H,29,30)/t22-/m0/s1. The molecule has 2 aromatic carbocycles. The van der Waals surface area contributed by atoms with Crippen molar-refractivity contribution in [2.75, 3.05) is 25.8 Å². The number of unbranched alkanes of at least 4 members (excludes halogenated alkanes) is 1. The molecule has 1 saturated heterocycles. The van der Waals surface area contributed by atoms with Crippen molar-refractivity contribution in [3.05, 3.63) is 53.8 Å². The summed E-state index contributed by atoms with van der Waals surface area (Å²) in [5, 5.41) is 18.2. The van der Waals surface area contributed by atoms with Crippen LogP contribution in [0.3, 0.4) is 0 Å². The molecule has 0 spiro atoms. The second-order valence-corrected chi connectivity index (χ2v) is 10.8. The molecule has 0 bridgehead atoms. The van der Waals surface area contributed by atoms with Gasteiger partial charge in [-0.2, -0.15) is 0 Å². The van der Waals surface area contributed by atoms with E-state index in [-0.39, 0.29) is 37.2 Å². The third-order valence-electron chi connectivity index (χ3n) is 5.96. The van der Waals surface area contributed by atoms with E-state index in [1.54, 1.807) is 24.3 Å². The van der Waals surface area contributed by atoms with Gasteiger partial charge in [0.2, 0.25) is 7.37 Å². The predicted molar refractivity (Wildman–Crippen MR) is 117 cm³/mol. The van der Waals surface area contributed by atoms with Crippen LogP contribution in [-0.4, -0.2) is 56.9 Å². The Morgan fingerprint density at radius 2 is 1.90 bits per heavy atom. The lowest BCUT2D eigenvalue weighted by Gasteiger charge is -2.43. The van der Waals surface area contributed by atoms with Gasteiger partial charge in [-0.05, 0) is 60.3 Å². The van der Waals surface area contributed by atoms with Gasteiger partial charge in [0.1, 0.15) is 11.6 Å². The van der Waals surface area contributed by atoms with Crippen LogP contribution in [0.5, 0.6) is 5.75 Å². The summed E-state index contributed by atoms with van der Waals surface area (Å²) in [4.78, 5) is 24.6. The second kappa shape index (κ2) is 9.49. The van der Waals surface area contributed by atoms with Gasteiger partial charge in [0.25, 0.3) is 0 Å². The molecule has 5 N–H and O–H groups in total. The average molecular weight is 450 g/mol. The first-order valence-electron chi connectivity index (χ1n) is 10.2. The molecular formula is C22H28FN2O5P. The molecule has 3 rings (SSSR count). The normalized spacial score (nSPS) is 24.2. The van der Waals surface area contributed by atoms with E-state index >= 15 is 0 Å². The fourth-order valence-electron chi connectivity index (χ4n) is 4.17. The number of carboxylic acids is 1. The number of aromatic hydroxyl groups is 1. The van der Waals surface area contributed by atoms with E-state index in [1.807, 2.05) is 4.90 Å². The molecule has 9 heteroatoms. The summed E-state index contributed by atoms with van der Waals surface area (Å²) >= 11 is 0. The van der Waals surface area contributed by atoms with Crippen LogP contribution >= 0.6 is 7.37 Å². The fourth-order valence-corrected chi connectivity index (χ4v) is 6.38. The summed E-state index contributed by atoms with van der Waals surface area (Å²) in [6, 6.07) is 10.7. The van der Waals surface area contributed by atoms with Crippen LogP contribution in [-0.2, 0) is 15.9 Å². The summed E-state index contributed by atoms with van der Waals surface area (Å²) in [5.41, 5.74) is 7.74. The smallest absolute Gasteiger partial charge is 0.320 e. The van der Waals surface area contributed by atoms with Crippen LogP contribution in [0.2, 0.25) is 0 Å². The SMILES string of the molecule is NCCCC[C@@]1(C(=O)O)CN(Cc2ccc(O)cc2-c2ccc(F)cc2)CCP1(=O)O. The monoisotopic (exact) mass is 450 g/mol. The zero-order valence-corrected chi connectivity index (χ0v) is 18.1. The summed E-state index contributed by atoms with van der Waals surface area (Å²) in [6.07, 6.45) is 1.03. The van der Waals surface area contributed by atoms with E-state index < -0.39 is 18.5 Å². The van der Waals surface area contributed by atoms with Crippen LogP contribution in [0, 0.1) is 5.82 Å². The fraction of sp³-hybridized carbons (Fsp3) is 0.409. The molecule has 1 aliphatic heterocycles. The predicted octanol–water partition coefficient (Wildman–Crippen LogP) is 3.24. The number of benzene rings is 2. The minimum absolute atomic E-state index is 0.0512. The van der Waals surface area contributed by atoms with Gasteiger partial charge < -0.3 is 20.8 Å². The average Bonchev–Trinajstić information content (AvgIpc) is 2.72. The first-order valence-corrected chi connectivity index (χ1v) is 12.1. The minimum atomic E-state index is -3.91. The van der Waals surface area contributed by atoms with Gasteiger partial charge >= 0.3 is 5.97 Å². The number of rotatable bonds is 8. The van der Waals surface area contributed by atoms with Gasteiger partial charge in [-0.25, -0.2) is 4.39 Å². The lowest BCUT2D eigenvalue weighted by Crippen LogP contribution is -2.53. The molecule has 168 valence electrons. The Balaban J connectivity index is 1.90. The van der Waals surface area contributed by atoms with Crippen molar-refractivity contribution >= 4 is 13.3 Å². The van der Waals surface area contributed by atoms with Crippen molar-refractivity contribution in [3.63, 3.8) is 0 Å². The number of hydrogen-bond donors (Lipinski definition) is 4. The highest BCUT2D eigenvalue weighted by molar-refractivity contribution is 7.61. The molecule has 0 aromatic heterocycles. The number of aliphatic carboxylic acids is 1. The molecule has 7 nitrogen and oxygen atoms in total.